The van der Waals surface area contributed by atoms with Crippen molar-refractivity contribution in [2.45, 2.75) is 6.61 Å². The first-order valence-electron chi connectivity index (χ1n) is 8.99. The van der Waals surface area contributed by atoms with Crippen LogP contribution in [-0.2, 0) is 11.3 Å². The first-order chi connectivity index (χ1) is 14.1. The molecular formula is C23H17FN2O3. The Morgan fingerprint density at radius 2 is 1.66 bits per heavy atom. The third kappa shape index (κ3) is 4.32. The first kappa shape index (κ1) is 18.4. The minimum absolute atomic E-state index is 0.190. The maximum Gasteiger partial charge on any atom is 0.338 e. The lowest BCUT2D eigenvalue weighted by Crippen LogP contribution is -2.05. The molecule has 6 heteroatoms. The molecule has 0 saturated carbocycles. The summed E-state index contributed by atoms with van der Waals surface area (Å²) in [7, 11) is 0. The lowest BCUT2D eigenvalue weighted by Gasteiger charge is -2.06. The zero-order valence-corrected chi connectivity index (χ0v) is 15.3. The fourth-order valence-corrected chi connectivity index (χ4v) is 2.94. The molecule has 0 spiro atoms. The number of carbonyl (C=O) groups is 2. The molecule has 0 aliphatic carbocycles. The van der Waals surface area contributed by atoms with Crippen LogP contribution >= 0.6 is 0 Å². The molecule has 1 heterocycles. The van der Waals surface area contributed by atoms with E-state index in [1.807, 2.05) is 30.3 Å². The topological polar surface area (TPSA) is 67.4 Å². The highest BCUT2D eigenvalue weighted by molar-refractivity contribution is 6.06. The number of ketones is 1. The van der Waals surface area contributed by atoms with E-state index in [-0.39, 0.29) is 18.0 Å². The summed E-state index contributed by atoms with van der Waals surface area (Å²) >= 11 is 0. The summed E-state index contributed by atoms with van der Waals surface area (Å²) < 4.78 is 18.6. The van der Waals surface area contributed by atoms with E-state index in [9.17, 15) is 14.0 Å². The normalized spacial score (nSPS) is 13.3. The van der Waals surface area contributed by atoms with Crippen molar-refractivity contribution in [1.29, 1.82) is 0 Å². The van der Waals surface area contributed by atoms with Gasteiger partial charge in [0.1, 0.15) is 18.2 Å². The number of rotatable bonds is 5. The van der Waals surface area contributed by atoms with Crippen LogP contribution in [0.4, 0.5) is 15.8 Å². The molecule has 4 rings (SSSR count). The molecule has 0 bridgehead atoms. The lowest BCUT2D eigenvalue weighted by atomic mass is 10.1. The minimum Gasteiger partial charge on any atom is -0.457 e. The molecule has 2 N–H and O–H groups in total. The highest BCUT2D eigenvalue weighted by atomic mass is 19.1. The Hall–Kier alpha value is -3.93. The van der Waals surface area contributed by atoms with E-state index < -0.39 is 11.8 Å². The molecule has 0 saturated heterocycles. The molecule has 0 amide bonds. The van der Waals surface area contributed by atoms with E-state index in [2.05, 4.69) is 10.6 Å². The van der Waals surface area contributed by atoms with Crippen molar-refractivity contribution in [2.24, 2.45) is 0 Å². The zero-order chi connectivity index (χ0) is 20.2. The van der Waals surface area contributed by atoms with E-state index in [0.717, 1.165) is 11.3 Å². The summed E-state index contributed by atoms with van der Waals surface area (Å²) in [6, 6.07) is 20.0. The molecule has 0 fully saturated rings. The average Bonchev–Trinajstić information content (AvgIpc) is 3.14. The second-order valence-electron chi connectivity index (χ2n) is 6.50. The van der Waals surface area contributed by atoms with Gasteiger partial charge in [-0.3, -0.25) is 4.79 Å². The SMILES string of the molecule is O=C(/C=C1/Nc2ccc(C(=O)OCc3ccccc3)cc2N1)c1cccc(F)c1. The van der Waals surface area contributed by atoms with Crippen molar-refractivity contribution in [3.05, 3.63) is 107 Å². The molecule has 0 aromatic heterocycles. The van der Waals surface area contributed by atoms with Gasteiger partial charge in [-0.05, 0) is 35.9 Å². The Kier molecular flexibility index (Phi) is 5.07. The number of allylic oxidation sites excluding steroid dienone is 1. The smallest absolute Gasteiger partial charge is 0.338 e. The molecule has 1 aliphatic heterocycles. The van der Waals surface area contributed by atoms with Crippen molar-refractivity contribution in [1.82, 2.24) is 0 Å². The fourth-order valence-electron chi connectivity index (χ4n) is 2.94. The number of anilines is 2. The van der Waals surface area contributed by atoms with E-state index >= 15 is 0 Å². The van der Waals surface area contributed by atoms with Gasteiger partial charge in [0.2, 0.25) is 0 Å². The van der Waals surface area contributed by atoms with Crippen LogP contribution in [-0.4, -0.2) is 11.8 Å². The van der Waals surface area contributed by atoms with Gasteiger partial charge >= 0.3 is 5.97 Å². The van der Waals surface area contributed by atoms with Crippen LogP contribution in [0.3, 0.4) is 0 Å². The van der Waals surface area contributed by atoms with Gasteiger partial charge in [0, 0.05) is 11.6 Å². The standard InChI is InChI=1S/C23H17FN2O3/c24-18-8-4-7-16(11-18)21(27)13-22-25-19-10-9-17(12-20(19)26-22)23(28)29-14-15-5-2-1-3-6-15/h1-13,25-26H,14H2/b22-13-. The maximum absolute atomic E-state index is 13.3. The second kappa shape index (κ2) is 7.98. The van der Waals surface area contributed by atoms with Crippen LogP contribution in [0.25, 0.3) is 0 Å². The number of benzene rings is 3. The number of esters is 1. The molecule has 3 aromatic rings. The lowest BCUT2D eigenvalue weighted by molar-refractivity contribution is 0.0472. The Morgan fingerprint density at radius 3 is 2.45 bits per heavy atom. The molecule has 0 atom stereocenters. The number of halogens is 1. The molecule has 144 valence electrons. The van der Waals surface area contributed by atoms with Crippen molar-refractivity contribution in [2.75, 3.05) is 10.6 Å². The summed E-state index contributed by atoms with van der Waals surface area (Å²) in [6.07, 6.45) is 1.35. The third-order valence-corrected chi connectivity index (χ3v) is 4.39. The van der Waals surface area contributed by atoms with Crippen molar-refractivity contribution in [3.8, 4) is 0 Å². The van der Waals surface area contributed by atoms with Crippen LogP contribution < -0.4 is 10.6 Å². The number of hydrogen-bond donors (Lipinski definition) is 2. The van der Waals surface area contributed by atoms with Gasteiger partial charge in [0.05, 0.1) is 16.9 Å². The Morgan fingerprint density at radius 1 is 0.862 bits per heavy atom. The van der Waals surface area contributed by atoms with Gasteiger partial charge in [-0.15, -0.1) is 0 Å². The molecule has 0 unspecified atom stereocenters. The highest BCUT2D eigenvalue weighted by Crippen LogP contribution is 2.31. The summed E-state index contributed by atoms with van der Waals surface area (Å²) in [6.45, 7) is 0.190. The molecule has 5 nitrogen and oxygen atoms in total. The number of nitrogens with one attached hydrogen (secondary N) is 2. The number of fused-ring (bicyclic) bond motifs is 1. The quantitative estimate of drug-likeness (QED) is 0.375. The molecule has 3 aromatic carbocycles. The first-order valence-corrected chi connectivity index (χ1v) is 8.99. The zero-order valence-electron chi connectivity index (χ0n) is 15.3. The largest absolute Gasteiger partial charge is 0.457 e. The Bertz CT molecular complexity index is 1110. The highest BCUT2D eigenvalue weighted by Gasteiger charge is 2.18. The van der Waals surface area contributed by atoms with Gasteiger partial charge in [-0.25, -0.2) is 9.18 Å². The van der Waals surface area contributed by atoms with Crippen molar-refractivity contribution < 1.29 is 18.7 Å². The molecule has 1 aliphatic rings. The number of hydrogen-bond acceptors (Lipinski definition) is 5. The van der Waals surface area contributed by atoms with Gasteiger partial charge in [0.15, 0.2) is 5.78 Å². The summed E-state index contributed by atoms with van der Waals surface area (Å²) in [5.41, 5.74) is 2.93. The van der Waals surface area contributed by atoms with Crippen molar-refractivity contribution in [3.63, 3.8) is 0 Å². The Labute approximate surface area is 166 Å². The van der Waals surface area contributed by atoms with E-state index in [4.69, 9.17) is 4.74 Å². The Balaban J connectivity index is 1.44. The summed E-state index contributed by atoms with van der Waals surface area (Å²) in [5, 5.41) is 6.10. The number of carbonyl (C=O) groups excluding carboxylic acids is 2. The van der Waals surface area contributed by atoms with Crippen LogP contribution in [0, 0.1) is 5.82 Å². The van der Waals surface area contributed by atoms with Crippen LogP contribution in [0.15, 0.2) is 84.7 Å². The summed E-state index contributed by atoms with van der Waals surface area (Å²) in [5.74, 6) is -0.797. The van der Waals surface area contributed by atoms with Crippen LogP contribution in [0.1, 0.15) is 26.3 Å². The second-order valence-corrected chi connectivity index (χ2v) is 6.50. The van der Waals surface area contributed by atoms with E-state index in [1.165, 1.54) is 24.3 Å². The van der Waals surface area contributed by atoms with Gasteiger partial charge < -0.3 is 15.4 Å². The van der Waals surface area contributed by atoms with Gasteiger partial charge in [-0.2, -0.15) is 0 Å². The number of ether oxygens (including phenoxy) is 1. The third-order valence-electron chi connectivity index (χ3n) is 4.39. The average molecular weight is 388 g/mol. The minimum atomic E-state index is -0.469. The predicted octanol–water partition coefficient (Wildman–Crippen LogP) is 4.74. The maximum atomic E-state index is 13.3. The predicted molar refractivity (Wildman–Crippen MR) is 108 cm³/mol. The van der Waals surface area contributed by atoms with E-state index in [1.54, 1.807) is 24.3 Å². The molecular weight excluding hydrogens is 371 g/mol. The summed E-state index contributed by atoms with van der Waals surface area (Å²) in [4.78, 5) is 24.6. The van der Waals surface area contributed by atoms with Crippen LogP contribution in [0.2, 0.25) is 0 Å². The monoisotopic (exact) mass is 388 g/mol. The van der Waals surface area contributed by atoms with Crippen molar-refractivity contribution >= 4 is 23.1 Å². The fraction of sp³-hybridized carbons (Fsp3) is 0.0435. The van der Waals surface area contributed by atoms with Gasteiger partial charge in [-0.1, -0.05) is 42.5 Å². The molecule has 0 radical (unpaired) electrons. The van der Waals surface area contributed by atoms with E-state index in [0.29, 0.717) is 17.1 Å². The van der Waals surface area contributed by atoms with Crippen LogP contribution in [0.5, 0.6) is 0 Å². The van der Waals surface area contributed by atoms with Gasteiger partial charge in [0.25, 0.3) is 0 Å². The molecule has 29 heavy (non-hydrogen) atoms.